The Hall–Kier alpha value is -6.33. The van der Waals surface area contributed by atoms with Crippen LogP contribution in [0, 0.1) is 11.9 Å². The number of nitrogens with zero attached hydrogens (tertiary/aromatic N) is 7. The summed E-state index contributed by atoms with van der Waals surface area (Å²) in [6.07, 6.45) is 10.0. The summed E-state index contributed by atoms with van der Waals surface area (Å²) in [6.45, 7) is 5.34. The molecule has 3 N–H and O–H groups in total. The molecule has 2 aromatic carbocycles. The zero-order valence-electron chi connectivity index (χ0n) is 38.0. The fourth-order valence-electron chi connectivity index (χ4n) is 11.7. The summed E-state index contributed by atoms with van der Waals surface area (Å²) < 4.78 is 33.2. The molecule has 3 amide bonds. The van der Waals surface area contributed by atoms with E-state index in [1.807, 2.05) is 27.6 Å². The second kappa shape index (κ2) is 17.7. The smallest absolute Gasteiger partial charge is 0.407 e. The highest BCUT2D eigenvalue weighted by Gasteiger charge is 2.40. The Morgan fingerprint density at radius 3 is 2.46 bits per heavy atom. The number of anilines is 1. The normalized spacial score (nSPS) is 24.9. The van der Waals surface area contributed by atoms with Crippen molar-refractivity contribution in [2.75, 3.05) is 51.3 Å². The van der Waals surface area contributed by atoms with Crippen LogP contribution in [0.1, 0.15) is 86.9 Å². The van der Waals surface area contributed by atoms with Crippen molar-refractivity contribution in [2.24, 2.45) is 13.0 Å². The standard InChI is InChI=1S/C50H57FN10O6/c1-57-39-26-52-47-43-42(32-9-5-29(6-10-32)4-3-23-67-40-25-35(61(45(39)43)50(57)65)24-38(40)53-49(64)66-2)44(55-47)37-28-60(56-46(37)51)34-13-7-30(8-14-34)27-58-19-21-59(22-20-58)33-15-11-31(12-16-33)36-17-18-41(62)54-48(36)63/h5-6,9-12,15-16,26,28,30,34-36,38,40H,3-4,7-8,13-14,17-25,27H2,1-2H3,(H,52,55)(H,53,64)(H,54,62,63)/t30?,34?,35?,36?,38-,40+/m0/s1. The number of aromatic amines is 1. The number of aromatic nitrogens is 6. The van der Waals surface area contributed by atoms with Crippen LogP contribution < -0.4 is 21.2 Å². The zero-order chi connectivity index (χ0) is 45.9. The van der Waals surface area contributed by atoms with E-state index in [9.17, 15) is 19.2 Å². The van der Waals surface area contributed by atoms with Crippen LogP contribution in [0.2, 0.25) is 0 Å². The van der Waals surface area contributed by atoms with Crippen molar-refractivity contribution in [1.29, 1.82) is 0 Å². The zero-order valence-corrected chi connectivity index (χ0v) is 38.0. The third-order valence-corrected chi connectivity index (χ3v) is 15.3. The highest BCUT2D eigenvalue weighted by atomic mass is 19.1. The molecule has 2 unspecified atom stereocenters. The number of halogens is 1. The van der Waals surface area contributed by atoms with Gasteiger partial charge in [0.15, 0.2) is 0 Å². The minimum atomic E-state index is -0.560. The van der Waals surface area contributed by atoms with Crippen LogP contribution in [0.5, 0.6) is 0 Å². The number of imide groups is 1. The molecule has 17 heteroatoms. The maximum atomic E-state index is 16.5. The molecule has 16 nitrogen and oxygen atoms in total. The number of ether oxygens (including phenoxy) is 2. The van der Waals surface area contributed by atoms with E-state index < -0.39 is 12.0 Å². The van der Waals surface area contributed by atoms with Gasteiger partial charge in [0.1, 0.15) is 5.65 Å². The predicted octanol–water partition coefficient (Wildman–Crippen LogP) is 6.35. The molecule has 4 fully saturated rings. The molecule has 12 rings (SSSR count). The molecule has 2 saturated carbocycles. The molecule has 4 aromatic heterocycles. The van der Waals surface area contributed by atoms with Gasteiger partial charge < -0.3 is 24.7 Å². The van der Waals surface area contributed by atoms with Crippen LogP contribution in [0.3, 0.4) is 0 Å². The summed E-state index contributed by atoms with van der Waals surface area (Å²) in [7, 11) is 3.09. The largest absolute Gasteiger partial charge is 0.453 e. The van der Waals surface area contributed by atoms with Crippen molar-refractivity contribution < 1.29 is 28.2 Å². The number of amides is 3. The van der Waals surface area contributed by atoms with Gasteiger partial charge >= 0.3 is 11.8 Å². The van der Waals surface area contributed by atoms with E-state index in [1.165, 1.54) is 7.11 Å². The van der Waals surface area contributed by atoms with Crippen molar-refractivity contribution in [1.82, 2.24) is 44.4 Å². The molecular weight excluding hydrogens is 856 g/mol. The number of hydrogen-bond donors (Lipinski definition) is 3. The van der Waals surface area contributed by atoms with Gasteiger partial charge in [-0.05, 0) is 92.5 Å². The van der Waals surface area contributed by atoms with Crippen molar-refractivity contribution in [3.63, 3.8) is 0 Å². The van der Waals surface area contributed by atoms with Gasteiger partial charge in [0.2, 0.25) is 17.8 Å². The monoisotopic (exact) mass is 912 g/mol. The van der Waals surface area contributed by atoms with Crippen LogP contribution in [-0.4, -0.2) is 110 Å². The molecule has 0 spiro atoms. The Morgan fingerprint density at radius 2 is 1.72 bits per heavy atom. The Kier molecular flexibility index (Phi) is 11.4. The van der Waals surface area contributed by atoms with E-state index >= 15 is 4.39 Å². The Balaban J connectivity index is 0.821. The quantitative estimate of drug-likeness (QED) is 0.153. The summed E-state index contributed by atoms with van der Waals surface area (Å²) in [4.78, 5) is 64.1. The number of alkyl carbamates (subject to hydrolysis) is 1. The van der Waals surface area contributed by atoms with Gasteiger partial charge in [-0.3, -0.25) is 33.6 Å². The molecule has 2 aliphatic carbocycles. The highest BCUT2D eigenvalue weighted by molar-refractivity contribution is 6.14. The number of piperidine rings is 1. The van der Waals surface area contributed by atoms with Gasteiger partial charge in [-0.1, -0.05) is 36.4 Å². The molecule has 4 aliphatic heterocycles. The molecule has 4 atom stereocenters. The first kappa shape index (κ1) is 43.3. The first-order valence-corrected chi connectivity index (χ1v) is 23.9. The summed E-state index contributed by atoms with van der Waals surface area (Å²) in [5, 5.41) is 10.7. The second-order valence-electron chi connectivity index (χ2n) is 19.3. The van der Waals surface area contributed by atoms with Gasteiger partial charge in [0, 0.05) is 76.3 Å². The molecule has 6 aromatic rings. The molecule has 2 saturated heterocycles. The van der Waals surface area contributed by atoms with Crippen molar-refractivity contribution in [3.05, 3.63) is 88.5 Å². The van der Waals surface area contributed by atoms with Gasteiger partial charge in [-0.15, -0.1) is 5.10 Å². The third kappa shape index (κ3) is 8.09. The maximum Gasteiger partial charge on any atom is 0.407 e. The second-order valence-corrected chi connectivity index (χ2v) is 19.3. The summed E-state index contributed by atoms with van der Waals surface area (Å²) in [5.74, 6) is -0.694. The maximum absolute atomic E-state index is 16.5. The van der Waals surface area contributed by atoms with E-state index in [-0.39, 0.29) is 47.7 Å². The number of nitrogens with one attached hydrogen (secondary N) is 3. The number of piperazine rings is 1. The molecule has 350 valence electrons. The fourth-order valence-corrected chi connectivity index (χ4v) is 11.7. The van der Waals surface area contributed by atoms with Crippen LogP contribution in [0.4, 0.5) is 14.9 Å². The van der Waals surface area contributed by atoms with Gasteiger partial charge in [-0.25, -0.2) is 14.6 Å². The van der Waals surface area contributed by atoms with E-state index in [2.05, 4.69) is 66.9 Å². The van der Waals surface area contributed by atoms with Crippen molar-refractivity contribution in [3.8, 4) is 22.4 Å². The SMILES string of the molecule is COC(=O)N[C@H]1CC2C[C@H]1OCCCc1ccc(cc1)-c1c(-c3cn(C4CCC(CN5CCN(c6ccc(C7CCC(=O)NC7=O)cc6)CC5)CC4)nc3F)[nH]c3ncc4c(c13)n2c(=O)n4C. The van der Waals surface area contributed by atoms with Gasteiger partial charge in [0.05, 0.1) is 65.1 Å². The number of carbonyl (C=O) groups excluding carboxylic acids is 3. The predicted molar refractivity (Wildman–Crippen MR) is 250 cm³/mol. The Labute approximate surface area is 386 Å². The van der Waals surface area contributed by atoms with Crippen molar-refractivity contribution >= 4 is 45.7 Å². The number of aryl methyl sites for hydroxylation is 2. The number of methoxy groups -OCH3 is 1. The van der Waals surface area contributed by atoms with E-state index in [1.54, 1.807) is 17.8 Å². The van der Waals surface area contributed by atoms with Gasteiger partial charge in [0.25, 0.3) is 0 Å². The number of fused-ring (bicyclic) bond motifs is 5. The van der Waals surface area contributed by atoms with E-state index in [4.69, 9.17) is 14.5 Å². The number of pyridine rings is 1. The average molecular weight is 913 g/mol. The van der Waals surface area contributed by atoms with Crippen LogP contribution in [-0.2, 0) is 32.5 Å². The lowest BCUT2D eigenvalue weighted by atomic mass is 9.85. The Morgan fingerprint density at radius 1 is 0.940 bits per heavy atom. The molecule has 67 heavy (non-hydrogen) atoms. The first-order valence-electron chi connectivity index (χ1n) is 23.9. The van der Waals surface area contributed by atoms with Crippen LogP contribution in [0.15, 0.2) is 65.7 Å². The van der Waals surface area contributed by atoms with Crippen LogP contribution >= 0.6 is 0 Å². The molecule has 4 bridgehead atoms. The third-order valence-electron chi connectivity index (χ3n) is 15.3. The lowest BCUT2D eigenvalue weighted by Crippen LogP contribution is -2.48. The number of benzene rings is 2. The molecule has 0 radical (unpaired) electrons. The molecule has 8 heterocycles. The lowest BCUT2D eigenvalue weighted by molar-refractivity contribution is -0.134. The summed E-state index contributed by atoms with van der Waals surface area (Å²) >= 11 is 0. The van der Waals surface area contributed by atoms with E-state index in [0.29, 0.717) is 66.1 Å². The minimum absolute atomic E-state index is 0.0642. The number of rotatable bonds is 7. The van der Waals surface area contributed by atoms with Gasteiger partial charge in [-0.2, -0.15) is 4.39 Å². The lowest BCUT2D eigenvalue weighted by Gasteiger charge is -2.39. The Bertz CT molecular complexity index is 2900. The minimum Gasteiger partial charge on any atom is -0.453 e. The van der Waals surface area contributed by atoms with Crippen molar-refractivity contribution in [2.45, 2.75) is 94.4 Å². The highest BCUT2D eigenvalue weighted by Crippen LogP contribution is 2.44. The van der Waals surface area contributed by atoms with E-state index in [0.717, 1.165) is 105 Å². The first-order chi connectivity index (χ1) is 32.6. The topological polar surface area (TPSA) is 174 Å². The molecule has 6 aliphatic rings. The number of hydrogen-bond acceptors (Lipinski definition) is 10. The number of imidazole rings is 1. The van der Waals surface area contributed by atoms with Crippen LogP contribution in [0.25, 0.3) is 44.5 Å². The molecular formula is C50H57FN10O6. The number of carbonyl (C=O) groups is 3. The summed E-state index contributed by atoms with van der Waals surface area (Å²) in [6, 6.07) is 16.0. The average Bonchev–Trinajstić information content (AvgIpc) is 4.10. The summed E-state index contributed by atoms with van der Waals surface area (Å²) in [5.41, 5.74) is 7.49. The number of H-pyrrole nitrogens is 1. The fraction of sp³-hybridized carbons (Fsp3) is 0.480.